The Kier molecular flexibility index (Phi) is 7.65. The second-order valence-corrected chi connectivity index (χ2v) is 6.16. The van der Waals surface area contributed by atoms with Crippen LogP contribution in [-0.2, 0) is 14.3 Å². The minimum Gasteiger partial charge on any atom is -0.493 e. The molecule has 1 aromatic rings. The molecule has 0 unspecified atom stereocenters. The highest BCUT2D eigenvalue weighted by molar-refractivity contribution is 5.96. The summed E-state index contributed by atoms with van der Waals surface area (Å²) in [7, 11) is 0. The Hall–Kier alpha value is -2.83. The average Bonchev–Trinajstić information content (AvgIpc) is 2.50. The van der Waals surface area contributed by atoms with Crippen molar-refractivity contribution < 1.29 is 23.9 Å². The molecule has 0 saturated carbocycles. The lowest BCUT2D eigenvalue weighted by Gasteiger charge is -2.20. The Labute approximate surface area is 147 Å². The van der Waals surface area contributed by atoms with Gasteiger partial charge in [0.25, 0.3) is 5.91 Å². The van der Waals surface area contributed by atoms with E-state index in [1.165, 1.54) is 12.2 Å². The van der Waals surface area contributed by atoms with E-state index in [0.717, 1.165) is 5.56 Å². The first-order chi connectivity index (χ1) is 11.7. The summed E-state index contributed by atoms with van der Waals surface area (Å²) < 4.78 is 10.2. The zero-order valence-electron chi connectivity index (χ0n) is 14.9. The van der Waals surface area contributed by atoms with Crippen LogP contribution in [0.1, 0.15) is 33.3 Å². The minimum atomic E-state index is -0.710. The van der Waals surface area contributed by atoms with Crippen LogP contribution < -0.4 is 15.4 Å². The van der Waals surface area contributed by atoms with Gasteiger partial charge in [0.1, 0.15) is 5.75 Å². The van der Waals surface area contributed by atoms with E-state index in [0.29, 0.717) is 12.4 Å². The van der Waals surface area contributed by atoms with E-state index in [4.69, 9.17) is 9.47 Å². The Balaban J connectivity index is 2.47. The molecule has 0 aliphatic carbocycles. The molecular weight excluding hydrogens is 324 g/mol. The number of hydrogen-bond acceptors (Lipinski definition) is 5. The zero-order chi connectivity index (χ0) is 18.9. The number of ether oxygens (including phenoxy) is 2. The fraction of sp³-hybridized carbons (Fsp3) is 0.389. The summed E-state index contributed by atoms with van der Waals surface area (Å²) in [5.41, 5.74) is 0.243. The van der Waals surface area contributed by atoms with Gasteiger partial charge in [-0.25, -0.2) is 9.59 Å². The second-order valence-electron chi connectivity index (χ2n) is 6.16. The van der Waals surface area contributed by atoms with E-state index in [9.17, 15) is 14.4 Å². The van der Waals surface area contributed by atoms with Crippen molar-refractivity contribution in [3.8, 4) is 5.75 Å². The largest absolute Gasteiger partial charge is 0.493 e. The van der Waals surface area contributed by atoms with Crippen molar-refractivity contribution in [1.82, 2.24) is 10.6 Å². The third-order valence-electron chi connectivity index (χ3n) is 2.70. The monoisotopic (exact) mass is 348 g/mol. The zero-order valence-corrected chi connectivity index (χ0v) is 14.9. The highest BCUT2D eigenvalue weighted by Crippen LogP contribution is 2.19. The molecule has 0 aromatic heterocycles. The van der Waals surface area contributed by atoms with Gasteiger partial charge >= 0.3 is 12.0 Å². The molecule has 0 aliphatic rings. The van der Waals surface area contributed by atoms with E-state index >= 15 is 0 Å². The van der Waals surface area contributed by atoms with E-state index in [1.807, 2.05) is 19.1 Å². The van der Waals surface area contributed by atoms with Gasteiger partial charge in [-0.05, 0) is 39.8 Å². The number of benzene rings is 1. The van der Waals surface area contributed by atoms with Gasteiger partial charge in [0.2, 0.25) is 0 Å². The van der Waals surface area contributed by atoms with Gasteiger partial charge in [-0.3, -0.25) is 10.1 Å². The first kappa shape index (κ1) is 20.2. The van der Waals surface area contributed by atoms with Crippen LogP contribution in [0.3, 0.4) is 0 Å². The van der Waals surface area contributed by atoms with Crippen LogP contribution >= 0.6 is 0 Å². The van der Waals surface area contributed by atoms with Crippen molar-refractivity contribution in [3.63, 3.8) is 0 Å². The summed E-state index contributed by atoms with van der Waals surface area (Å²) >= 11 is 0. The number of urea groups is 1. The summed E-state index contributed by atoms with van der Waals surface area (Å²) in [6.45, 7) is 7.16. The van der Waals surface area contributed by atoms with E-state index in [1.54, 1.807) is 32.9 Å². The molecule has 25 heavy (non-hydrogen) atoms. The average molecular weight is 348 g/mol. The summed E-state index contributed by atoms with van der Waals surface area (Å²) in [5.74, 6) is -0.762. The molecule has 0 saturated heterocycles. The highest BCUT2D eigenvalue weighted by atomic mass is 16.5. The third-order valence-corrected chi connectivity index (χ3v) is 2.70. The van der Waals surface area contributed by atoms with Gasteiger partial charge in [0, 0.05) is 17.2 Å². The maximum atomic E-state index is 11.7. The number of para-hydroxylation sites is 1. The van der Waals surface area contributed by atoms with E-state index < -0.39 is 30.1 Å². The van der Waals surface area contributed by atoms with Crippen LogP contribution in [0.4, 0.5) is 4.79 Å². The molecule has 0 fully saturated rings. The van der Waals surface area contributed by atoms with Crippen molar-refractivity contribution in [2.75, 3.05) is 13.2 Å². The number of rotatable bonds is 6. The standard InChI is InChI=1S/C18H24N2O5/c1-5-24-14-9-7-6-8-13(14)10-11-16(22)25-12-15(21)19-17(23)20-18(2,3)4/h6-11H,5,12H2,1-4H3,(H2,19,20,21,23). The fourth-order valence-corrected chi connectivity index (χ4v) is 1.78. The summed E-state index contributed by atoms with van der Waals surface area (Å²) in [6, 6.07) is 6.58. The normalized spacial score (nSPS) is 11.0. The molecule has 136 valence electrons. The Bertz CT molecular complexity index is 647. The topological polar surface area (TPSA) is 93.7 Å². The van der Waals surface area contributed by atoms with Crippen LogP contribution in [0.2, 0.25) is 0 Å². The van der Waals surface area contributed by atoms with Gasteiger partial charge in [0.05, 0.1) is 6.61 Å². The molecule has 7 nitrogen and oxygen atoms in total. The Morgan fingerprint density at radius 2 is 1.84 bits per heavy atom. The molecule has 0 aliphatic heterocycles. The molecule has 2 N–H and O–H groups in total. The first-order valence-corrected chi connectivity index (χ1v) is 7.90. The molecule has 0 radical (unpaired) electrons. The predicted octanol–water partition coefficient (Wildman–Crippen LogP) is 2.27. The van der Waals surface area contributed by atoms with Crippen LogP contribution in [0.15, 0.2) is 30.3 Å². The lowest BCUT2D eigenvalue weighted by atomic mass is 10.1. The van der Waals surface area contributed by atoms with Gasteiger partial charge in [0.15, 0.2) is 6.61 Å². The van der Waals surface area contributed by atoms with Crippen molar-refractivity contribution in [3.05, 3.63) is 35.9 Å². The van der Waals surface area contributed by atoms with Crippen LogP contribution in [0.25, 0.3) is 6.08 Å². The van der Waals surface area contributed by atoms with Crippen LogP contribution in [0, 0.1) is 0 Å². The van der Waals surface area contributed by atoms with Crippen molar-refractivity contribution in [2.24, 2.45) is 0 Å². The fourth-order valence-electron chi connectivity index (χ4n) is 1.78. The second kappa shape index (κ2) is 9.46. The van der Waals surface area contributed by atoms with Crippen molar-refractivity contribution in [2.45, 2.75) is 33.2 Å². The molecule has 0 bridgehead atoms. The summed E-state index contributed by atoms with van der Waals surface area (Å²) in [5, 5.41) is 4.64. The third kappa shape index (κ3) is 8.55. The molecule has 1 rings (SSSR count). The minimum absolute atomic E-state index is 0.474. The molecule has 0 heterocycles. The highest BCUT2D eigenvalue weighted by Gasteiger charge is 2.16. The number of esters is 1. The lowest BCUT2D eigenvalue weighted by molar-refractivity contribution is -0.143. The number of hydrogen-bond donors (Lipinski definition) is 2. The maximum Gasteiger partial charge on any atom is 0.331 e. The Morgan fingerprint density at radius 3 is 2.48 bits per heavy atom. The smallest absolute Gasteiger partial charge is 0.331 e. The van der Waals surface area contributed by atoms with Gasteiger partial charge in [-0.2, -0.15) is 0 Å². The molecule has 3 amide bonds. The van der Waals surface area contributed by atoms with E-state index in [-0.39, 0.29) is 0 Å². The number of imide groups is 1. The van der Waals surface area contributed by atoms with Crippen LogP contribution in [0.5, 0.6) is 5.75 Å². The molecule has 0 spiro atoms. The first-order valence-electron chi connectivity index (χ1n) is 7.90. The molecule has 7 heteroatoms. The SMILES string of the molecule is CCOc1ccccc1C=CC(=O)OCC(=O)NC(=O)NC(C)(C)C. The Morgan fingerprint density at radius 1 is 1.16 bits per heavy atom. The summed E-state index contributed by atoms with van der Waals surface area (Å²) in [6.07, 6.45) is 2.73. The van der Waals surface area contributed by atoms with Crippen molar-refractivity contribution >= 4 is 24.0 Å². The molecule has 0 atom stereocenters. The molecular formula is C18H24N2O5. The lowest BCUT2D eigenvalue weighted by Crippen LogP contribution is -2.49. The number of carbonyl (C=O) groups excluding carboxylic acids is 3. The van der Waals surface area contributed by atoms with Crippen LogP contribution in [-0.4, -0.2) is 36.7 Å². The van der Waals surface area contributed by atoms with Gasteiger partial charge in [-0.1, -0.05) is 18.2 Å². The predicted molar refractivity (Wildman–Crippen MR) is 94.0 cm³/mol. The maximum absolute atomic E-state index is 11.7. The van der Waals surface area contributed by atoms with E-state index in [2.05, 4.69) is 10.6 Å². The number of carbonyl (C=O) groups is 3. The number of amides is 3. The van der Waals surface area contributed by atoms with Crippen molar-refractivity contribution in [1.29, 1.82) is 0 Å². The van der Waals surface area contributed by atoms with Gasteiger partial charge in [-0.15, -0.1) is 0 Å². The summed E-state index contributed by atoms with van der Waals surface area (Å²) in [4.78, 5) is 34.8. The quantitative estimate of drug-likeness (QED) is 0.607. The number of nitrogens with one attached hydrogen (secondary N) is 2. The molecule has 1 aromatic carbocycles. The van der Waals surface area contributed by atoms with Gasteiger partial charge < -0.3 is 14.8 Å².